The summed E-state index contributed by atoms with van der Waals surface area (Å²) < 4.78 is 12.2. The summed E-state index contributed by atoms with van der Waals surface area (Å²) in [5, 5.41) is 7.29. The van der Waals surface area contributed by atoms with Crippen molar-refractivity contribution in [2.24, 2.45) is 0 Å². The molecule has 0 spiro atoms. The number of nitrogens with one attached hydrogen (secondary N) is 1. The number of hydrogen-bond donors (Lipinski definition) is 1. The Morgan fingerprint density at radius 3 is 2.55 bits per heavy atom. The maximum Gasteiger partial charge on any atom is 0.272 e. The molecule has 0 aliphatic carbocycles. The average Bonchev–Trinajstić information content (AvgIpc) is 3.22. The number of methoxy groups -OCH3 is 2. The molecule has 1 N–H and O–H groups in total. The van der Waals surface area contributed by atoms with Gasteiger partial charge in [-0.05, 0) is 36.1 Å². The summed E-state index contributed by atoms with van der Waals surface area (Å²) in [5.41, 5.74) is 2.80. The molecule has 0 unspecified atom stereocenters. The predicted octanol–water partition coefficient (Wildman–Crippen LogP) is 2.92. The highest BCUT2D eigenvalue weighted by Gasteiger charge is 2.26. The maximum absolute atomic E-state index is 13.1. The highest BCUT2D eigenvalue weighted by atomic mass is 16.5. The Bertz CT molecular complexity index is 1130. The lowest BCUT2D eigenvalue weighted by Crippen LogP contribution is -2.30. The second-order valence-corrected chi connectivity index (χ2v) is 7.90. The van der Waals surface area contributed by atoms with Crippen molar-refractivity contribution < 1.29 is 19.1 Å². The molecule has 1 aliphatic rings. The van der Waals surface area contributed by atoms with Crippen molar-refractivity contribution in [3.05, 3.63) is 77.1 Å². The van der Waals surface area contributed by atoms with E-state index in [-0.39, 0.29) is 17.5 Å². The first-order valence-electron chi connectivity index (χ1n) is 11.0. The smallest absolute Gasteiger partial charge is 0.272 e. The second-order valence-electron chi connectivity index (χ2n) is 7.90. The first-order chi connectivity index (χ1) is 16.1. The fourth-order valence-corrected chi connectivity index (χ4v) is 3.95. The van der Waals surface area contributed by atoms with Crippen LogP contribution in [0.1, 0.15) is 38.5 Å². The van der Waals surface area contributed by atoms with Gasteiger partial charge >= 0.3 is 0 Å². The van der Waals surface area contributed by atoms with Crippen LogP contribution in [0, 0.1) is 0 Å². The molecule has 4 rings (SSSR count). The van der Waals surface area contributed by atoms with E-state index in [4.69, 9.17) is 9.47 Å². The van der Waals surface area contributed by atoms with Crippen molar-refractivity contribution in [3.8, 4) is 11.5 Å². The number of carbonyl (C=O) groups excluding carboxylic acids is 2. The molecule has 0 saturated carbocycles. The number of rotatable bonds is 8. The van der Waals surface area contributed by atoms with Gasteiger partial charge < -0.3 is 19.7 Å². The summed E-state index contributed by atoms with van der Waals surface area (Å²) in [6.07, 6.45) is 1.41. The van der Waals surface area contributed by atoms with Crippen LogP contribution in [0.15, 0.2) is 54.6 Å². The number of benzene rings is 2. The molecule has 0 fully saturated rings. The van der Waals surface area contributed by atoms with E-state index >= 15 is 0 Å². The monoisotopic (exact) mass is 448 g/mol. The average molecular weight is 449 g/mol. The molecule has 0 saturated heterocycles. The van der Waals surface area contributed by atoms with E-state index in [0.717, 1.165) is 17.5 Å². The van der Waals surface area contributed by atoms with Gasteiger partial charge in [0.15, 0.2) is 17.2 Å². The van der Waals surface area contributed by atoms with E-state index in [1.165, 1.54) is 0 Å². The Morgan fingerprint density at radius 2 is 1.79 bits per heavy atom. The van der Waals surface area contributed by atoms with Gasteiger partial charge in [-0.1, -0.05) is 36.4 Å². The van der Waals surface area contributed by atoms with Gasteiger partial charge in [-0.15, -0.1) is 0 Å². The normalized spacial score (nSPS) is 13.3. The highest BCUT2D eigenvalue weighted by molar-refractivity contribution is 5.98. The lowest BCUT2D eigenvalue weighted by molar-refractivity contribution is 0.0745. The molecule has 172 valence electrons. The predicted molar refractivity (Wildman–Crippen MR) is 124 cm³/mol. The Balaban J connectivity index is 1.39. The summed E-state index contributed by atoms with van der Waals surface area (Å²) in [4.78, 5) is 27.6. The number of nitrogens with zero attached hydrogens (tertiary/aromatic N) is 3. The summed E-state index contributed by atoms with van der Waals surface area (Å²) in [6, 6.07) is 17.2. The Kier molecular flexibility index (Phi) is 6.92. The molecule has 1 aliphatic heterocycles. The molecule has 3 aromatic rings. The van der Waals surface area contributed by atoms with Crippen molar-refractivity contribution in [3.63, 3.8) is 0 Å². The van der Waals surface area contributed by atoms with Gasteiger partial charge in [-0.2, -0.15) is 5.10 Å². The molecule has 8 nitrogen and oxygen atoms in total. The van der Waals surface area contributed by atoms with Crippen LogP contribution in [0.2, 0.25) is 0 Å². The minimum atomic E-state index is -0.293. The molecular weight excluding hydrogens is 420 g/mol. The topological polar surface area (TPSA) is 85.7 Å². The van der Waals surface area contributed by atoms with Crippen LogP contribution in [0.25, 0.3) is 0 Å². The summed E-state index contributed by atoms with van der Waals surface area (Å²) >= 11 is 0. The SMILES string of the molecule is COc1ccc(CCNC(=O)c2cc3n(n2)CCCN(Cc2ccccc2)C3=O)cc1OC. The van der Waals surface area contributed by atoms with Crippen molar-refractivity contribution in [1.29, 1.82) is 0 Å². The summed E-state index contributed by atoms with van der Waals surface area (Å²) in [6.45, 7) is 2.23. The van der Waals surface area contributed by atoms with Gasteiger partial charge in [0.1, 0.15) is 5.69 Å². The lowest BCUT2D eigenvalue weighted by atomic mass is 10.1. The zero-order valence-electron chi connectivity index (χ0n) is 18.9. The molecule has 1 aromatic heterocycles. The third kappa shape index (κ3) is 5.16. The highest BCUT2D eigenvalue weighted by Crippen LogP contribution is 2.27. The molecule has 0 radical (unpaired) electrons. The number of ether oxygens (including phenoxy) is 2. The zero-order chi connectivity index (χ0) is 23.2. The van der Waals surface area contributed by atoms with Crippen LogP contribution in [-0.2, 0) is 19.5 Å². The maximum atomic E-state index is 13.1. The van der Waals surface area contributed by atoms with Crippen molar-refractivity contribution in [2.45, 2.75) is 25.9 Å². The fourth-order valence-electron chi connectivity index (χ4n) is 3.95. The minimum absolute atomic E-state index is 0.103. The Hall–Kier alpha value is -3.81. The number of fused-ring (bicyclic) bond motifs is 1. The number of aromatic nitrogens is 2. The van der Waals surface area contributed by atoms with E-state index in [0.29, 0.717) is 49.8 Å². The van der Waals surface area contributed by atoms with Crippen LogP contribution in [0.4, 0.5) is 0 Å². The van der Waals surface area contributed by atoms with Gasteiger partial charge in [0.2, 0.25) is 0 Å². The van der Waals surface area contributed by atoms with Gasteiger partial charge in [0.05, 0.1) is 14.2 Å². The molecular formula is C25H28N4O4. The molecule has 0 bridgehead atoms. The standard InChI is InChI=1S/C25H28N4O4/c1-32-22-10-9-18(15-23(22)33-2)11-12-26-24(30)20-16-21-25(31)28(13-6-14-29(21)27-20)17-19-7-4-3-5-8-19/h3-5,7-10,15-16H,6,11-14,17H2,1-2H3,(H,26,30). The number of aryl methyl sites for hydroxylation is 1. The van der Waals surface area contributed by atoms with Crippen LogP contribution in [-0.4, -0.2) is 53.8 Å². The van der Waals surface area contributed by atoms with E-state index < -0.39 is 0 Å². The lowest BCUT2D eigenvalue weighted by Gasteiger charge is -2.20. The molecule has 2 heterocycles. The number of hydrogen-bond acceptors (Lipinski definition) is 5. The van der Waals surface area contributed by atoms with E-state index in [1.54, 1.807) is 25.0 Å². The van der Waals surface area contributed by atoms with Crippen LogP contribution >= 0.6 is 0 Å². The third-order valence-corrected chi connectivity index (χ3v) is 5.68. The quantitative estimate of drug-likeness (QED) is 0.573. The first-order valence-corrected chi connectivity index (χ1v) is 11.0. The largest absolute Gasteiger partial charge is 0.493 e. The Labute approximate surface area is 193 Å². The second kappa shape index (κ2) is 10.2. The summed E-state index contributed by atoms with van der Waals surface area (Å²) in [5.74, 6) is 0.917. The summed E-state index contributed by atoms with van der Waals surface area (Å²) in [7, 11) is 3.18. The minimum Gasteiger partial charge on any atom is -0.493 e. The van der Waals surface area contributed by atoms with E-state index in [9.17, 15) is 9.59 Å². The van der Waals surface area contributed by atoms with E-state index in [1.807, 2.05) is 53.4 Å². The molecule has 8 heteroatoms. The number of carbonyl (C=O) groups is 2. The van der Waals surface area contributed by atoms with Gasteiger partial charge in [-0.25, -0.2) is 0 Å². The first kappa shape index (κ1) is 22.4. The van der Waals surface area contributed by atoms with Crippen LogP contribution in [0.3, 0.4) is 0 Å². The van der Waals surface area contributed by atoms with Crippen LogP contribution < -0.4 is 14.8 Å². The van der Waals surface area contributed by atoms with Gasteiger partial charge in [0, 0.05) is 32.2 Å². The van der Waals surface area contributed by atoms with Crippen molar-refractivity contribution in [1.82, 2.24) is 20.0 Å². The van der Waals surface area contributed by atoms with Crippen molar-refractivity contribution >= 4 is 11.8 Å². The number of amides is 2. The molecule has 33 heavy (non-hydrogen) atoms. The van der Waals surface area contributed by atoms with Crippen LogP contribution in [0.5, 0.6) is 11.5 Å². The molecule has 0 atom stereocenters. The molecule has 2 aromatic carbocycles. The zero-order valence-corrected chi connectivity index (χ0v) is 18.9. The third-order valence-electron chi connectivity index (χ3n) is 5.68. The van der Waals surface area contributed by atoms with Gasteiger partial charge in [-0.3, -0.25) is 14.3 Å². The van der Waals surface area contributed by atoms with E-state index in [2.05, 4.69) is 10.4 Å². The van der Waals surface area contributed by atoms with Crippen molar-refractivity contribution in [2.75, 3.05) is 27.3 Å². The molecule has 2 amide bonds. The fraction of sp³-hybridized carbons (Fsp3) is 0.320. The van der Waals surface area contributed by atoms with Gasteiger partial charge in [0.25, 0.3) is 11.8 Å². The Morgan fingerprint density at radius 1 is 1.00 bits per heavy atom.